The first kappa shape index (κ1) is 17.5. The minimum absolute atomic E-state index is 0.220. The van der Waals surface area contributed by atoms with Crippen LogP contribution in [0.5, 0.6) is 0 Å². The molecule has 0 bridgehead atoms. The lowest BCUT2D eigenvalue weighted by atomic mass is 9.63. The van der Waals surface area contributed by atoms with Crippen LogP contribution in [0.4, 0.5) is 0 Å². The van der Waals surface area contributed by atoms with E-state index in [2.05, 4.69) is 102 Å². The monoisotopic (exact) mass is 406 g/mol. The summed E-state index contributed by atoms with van der Waals surface area (Å²) in [5, 5.41) is 0. The predicted molar refractivity (Wildman–Crippen MR) is 125 cm³/mol. The van der Waals surface area contributed by atoms with Crippen LogP contribution < -0.4 is 4.57 Å². The SMILES string of the molecule is [2H]c1n2c(c(C)[n+]1-c1ccccc1C)C(c1ccccc1)(C1CCCC1)c1ccccc1-2. The van der Waals surface area contributed by atoms with Gasteiger partial charge in [0.05, 0.1) is 5.41 Å². The van der Waals surface area contributed by atoms with E-state index < -0.39 is 0 Å². The normalized spacial score (nSPS) is 20.5. The van der Waals surface area contributed by atoms with Gasteiger partial charge in [-0.1, -0.05) is 79.6 Å². The summed E-state index contributed by atoms with van der Waals surface area (Å²) >= 11 is 0. The molecule has 2 heteroatoms. The average molecular weight is 407 g/mol. The third kappa shape index (κ3) is 2.48. The fraction of sp³-hybridized carbons (Fsp3) is 0.276. The highest BCUT2D eigenvalue weighted by Gasteiger charge is 2.56. The number of aryl methyl sites for hydroxylation is 1. The number of hydrogen-bond donors (Lipinski definition) is 0. The first-order chi connectivity index (χ1) is 15.7. The second kappa shape index (κ2) is 6.95. The van der Waals surface area contributed by atoms with Crippen LogP contribution in [-0.2, 0) is 5.41 Å². The first-order valence-corrected chi connectivity index (χ1v) is 11.5. The van der Waals surface area contributed by atoms with Crippen molar-refractivity contribution in [1.29, 1.82) is 0 Å². The van der Waals surface area contributed by atoms with Crippen molar-refractivity contribution < 1.29 is 5.94 Å². The maximum absolute atomic E-state index is 9.35. The highest BCUT2D eigenvalue weighted by atomic mass is 15.2. The molecule has 3 aromatic carbocycles. The molecular weight excluding hydrogens is 376 g/mol. The van der Waals surface area contributed by atoms with E-state index >= 15 is 0 Å². The van der Waals surface area contributed by atoms with E-state index in [9.17, 15) is 1.37 Å². The Kier molecular flexibility index (Phi) is 3.93. The van der Waals surface area contributed by atoms with Crippen molar-refractivity contribution >= 4 is 0 Å². The zero-order valence-electron chi connectivity index (χ0n) is 19.3. The summed E-state index contributed by atoms with van der Waals surface area (Å²) in [5.74, 6) is 0.533. The molecule has 0 saturated heterocycles. The van der Waals surface area contributed by atoms with Gasteiger partial charge >= 0.3 is 0 Å². The standard InChI is InChI=1S/C29H29N2/c1-21-12-6-10-18-26(21)30-20-31-27-19-11-9-17-25(27)29(28(31)22(30)2,24-15-7-8-16-24)23-13-4-3-5-14-23/h3-6,9-14,17-20,24H,7-8,15-16H2,1-2H3/q+1/i20D. The second-order valence-corrected chi connectivity index (χ2v) is 9.16. The number of aromatic nitrogens is 2. The third-order valence-corrected chi connectivity index (χ3v) is 7.60. The van der Waals surface area contributed by atoms with E-state index in [4.69, 9.17) is 0 Å². The Morgan fingerprint density at radius 3 is 2.32 bits per heavy atom. The topological polar surface area (TPSA) is 8.81 Å². The molecule has 154 valence electrons. The Balaban J connectivity index is 1.76. The molecule has 1 aliphatic heterocycles. The first-order valence-electron chi connectivity index (χ1n) is 12.0. The van der Waals surface area contributed by atoms with Gasteiger partial charge in [-0.3, -0.25) is 0 Å². The molecule has 1 aliphatic carbocycles. The Bertz CT molecular complexity index is 1310. The summed E-state index contributed by atoms with van der Waals surface area (Å²) in [6, 6.07) is 28.3. The number of hydrogen-bond acceptors (Lipinski definition) is 0. The molecule has 1 saturated carbocycles. The van der Waals surface area contributed by atoms with Gasteiger partial charge in [0.25, 0.3) is 6.30 Å². The summed E-state index contributed by atoms with van der Waals surface area (Å²) in [6.07, 6.45) is 5.56. The van der Waals surface area contributed by atoms with E-state index in [0.29, 0.717) is 12.2 Å². The van der Waals surface area contributed by atoms with Crippen LogP contribution >= 0.6 is 0 Å². The van der Waals surface area contributed by atoms with Crippen molar-refractivity contribution in [2.24, 2.45) is 5.92 Å². The highest BCUT2D eigenvalue weighted by Crippen LogP contribution is 2.56. The van der Waals surface area contributed by atoms with E-state index in [1.807, 2.05) is 0 Å². The van der Waals surface area contributed by atoms with Crippen LogP contribution in [0.2, 0.25) is 0 Å². The average Bonchev–Trinajstić information content (AvgIpc) is 3.51. The lowest BCUT2D eigenvalue weighted by molar-refractivity contribution is -0.602. The van der Waals surface area contributed by atoms with Crippen molar-refractivity contribution in [2.45, 2.75) is 44.9 Å². The molecule has 2 heterocycles. The van der Waals surface area contributed by atoms with E-state index in [1.54, 1.807) is 0 Å². The molecule has 4 aromatic rings. The van der Waals surface area contributed by atoms with Gasteiger partial charge in [0.2, 0.25) is 0 Å². The van der Waals surface area contributed by atoms with Gasteiger partial charge in [0.15, 0.2) is 7.06 Å². The maximum Gasteiger partial charge on any atom is 0.254 e. The predicted octanol–water partition coefficient (Wildman–Crippen LogP) is 6.21. The van der Waals surface area contributed by atoms with E-state index in [-0.39, 0.29) is 5.41 Å². The molecule has 31 heavy (non-hydrogen) atoms. The van der Waals surface area contributed by atoms with Crippen molar-refractivity contribution in [3.05, 3.63) is 113 Å². The second-order valence-electron chi connectivity index (χ2n) is 9.16. The summed E-state index contributed by atoms with van der Waals surface area (Å²) in [6.45, 7) is 4.36. The summed E-state index contributed by atoms with van der Waals surface area (Å²) in [4.78, 5) is 0. The fourth-order valence-corrected chi connectivity index (χ4v) is 6.31. The Labute approximate surface area is 186 Å². The number of para-hydroxylation sites is 2. The van der Waals surface area contributed by atoms with Gasteiger partial charge in [-0.25, -0.2) is 0 Å². The molecule has 1 aromatic heterocycles. The van der Waals surface area contributed by atoms with Gasteiger partial charge in [-0.2, -0.15) is 9.13 Å². The van der Waals surface area contributed by atoms with Crippen LogP contribution in [0.25, 0.3) is 11.4 Å². The number of fused-ring (bicyclic) bond motifs is 3. The minimum atomic E-state index is -0.220. The quantitative estimate of drug-likeness (QED) is 0.358. The zero-order valence-corrected chi connectivity index (χ0v) is 18.3. The number of imidazole rings is 1. The molecule has 6 rings (SSSR count). The van der Waals surface area contributed by atoms with Gasteiger partial charge in [-0.15, -0.1) is 0 Å². The van der Waals surface area contributed by atoms with Crippen LogP contribution in [0, 0.1) is 19.8 Å². The molecule has 0 N–H and O–H groups in total. The molecule has 2 aliphatic rings. The van der Waals surface area contributed by atoms with Crippen molar-refractivity contribution in [1.82, 2.24) is 4.57 Å². The number of rotatable bonds is 3. The zero-order chi connectivity index (χ0) is 21.9. The van der Waals surface area contributed by atoms with Crippen LogP contribution in [-0.4, -0.2) is 4.57 Å². The molecule has 1 atom stereocenters. The highest BCUT2D eigenvalue weighted by molar-refractivity contribution is 5.64. The summed E-state index contributed by atoms with van der Waals surface area (Å²) < 4.78 is 13.7. The molecule has 2 nitrogen and oxygen atoms in total. The fourth-order valence-electron chi connectivity index (χ4n) is 6.31. The van der Waals surface area contributed by atoms with Crippen LogP contribution in [0.15, 0.2) is 85.2 Å². The molecular formula is C29H29N2+. The van der Waals surface area contributed by atoms with Crippen molar-refractivity contribution in [2.75, 3.05) is 0 Å². The molecule has 0 amide bonds. The number of nitrogens with zero attached hydrogens (tertiary/aromatic N) is 2. The van der Waals surface area contributed by atoms with Gasteiger partial charge in [0, 0.05) is 12.5 Å². The Morgan fingerprint density at radius 1 is 0.871 bits per heavy atom. The van der Waals surface area contributed by atoms with Gasteiger partial charge in [0.1, 0.15) is 17.1 Å². The largest absolute Gasteiger partial charge is 0.254 e. The van der Waals surface area contributed by atoms with Crippen LogP contribution in [0.1, 0.15) is 55.1 Å². The van der Waals surface area contributed by atoms with Crippen molar-refractivity contribution in [3.63, 3.8) is 0 Å². The molecule has 1 unspecified atom stereocenters. The third-order valence-electron chi connectivity index (χ3n) is 7.60. The Hall–Kier alpha value is -3.13. The summed E-state index contributed by atoms with van der Waals surface area (Å²) in [7, 11) is 0. The molecule has 0 spiro atoms. The Morgan fingerprint density at radius 2 is 1.55 bits per heavy atom. The summed E-state index contributed by atoms with van der Waals surface area (Å²) in [5.41, 5.74) is 8.42. The van der Waals surface area contributed by atoms with E-state index in [1.165, 1.54) is 59.4 Å². The minimum Gasteiger partial charge on any atom is -0.199 e. The number of benzene rings is 3. The van der Waals surface area contributed by atoms with Crippen LogP contribution in [0.3, 0.4) is 0 Å². The smallest absolute Gasteiger partial charge is 0.199 e. The van der Waals surface area contributed by atoms with Gasteiger partial charge in [-0.05, 0) is 48.9 Å². The van der Waals surface area contributed by atoms with E-state index in [0.717, 1.165) is 5.69 Å². The molecule has 1 fully saturated rings. The molecule has 0 radical (unpaired) electrons. The maximum atomic E-state index is 9.35. The lowest BCUT2D eigenvalue weighted by Crippen LogP contribution is -2.39. The van der Waals surface area contributed by atoms with Crippen molar-refractivity contribution in [3.8, 4) is 11.4 Å². The lowest BCUT2D eigenvalue weighted by Gasteiger charge is -2.35. The van der Waals surface area contributed by atoms with Gasteiger partial charge < -0.3 is 0 Å².